The van der Waals surface area contributed by atoms with Crippen molar-refractivity contribution < 1.29 is 19.7 Å². The zero-order chi connectivity index (χ0) is 22.2. The number of aryl methyl sites for hydroxylation is 1. The van der Waals surface area contributed by atoms with Crippen LogP contribution in [-0.2, 0) is 6.54 Å². The van der Waals surface area contributed by atoms with Gasteiger partial charge in [0.15, 0.2) is 0 Å². The molecule has 31 heavy (non-hydrogen) atoms. The van der Waals surface area contributed by atoms with Crippen LogP contribution in [0.4, 0.5) is 0 Å². The second kappa shape index (κ2) is 10.6. The molecule has 0 saturated carbocycles. The van der Waals surface area contributed by atoms with Crippen LogP contribution in [0.1, 0.15) is 33.2 Å². The lowest BCUT2D eigenvalue weighted by Crippen LogP contribution is -2.32. The number of hydrogen-bond donors (Lipinski definition) is 3. The van der Waals surface area contributed by atoms with E-state index in [1.165, 1.54) is 12.1 Å². The zero-order valence-corrected chi connectivity index (χ0v) is 17.6. The van der Waals surface area contributed by atoms with Gasteiger partial charge in [-0.25, -0.2) is 0 Å². The van der Waals surface area contributed by atoms with E-state index in [1.54, 1.807) is 6.07 Å². The molecule has 1 atom stereocenters. The van der Waals surface area contributed by atoms with Crippen LogP contribution < -0.4 is 10.5 Å². The maximum Gasteiger partial charge on any atom is 0.252 e. The summed E-state index contributed by atoms with van der Waals surface area (Å²) in [6.07, 6.45) is -0.622. The van der Waals surface area contributed by atoms with Crippen LogP contribution in [-0.4, -0.2) is 40.7 Å². The molecule has 1 amide bonds. The average Bonchev–Trinajstić information content (AvgIpc) is 2.74. The van der Waals surface area contributed by atoms with Crippen molar-refractivity contribution >= 4 is 5.91 Å². The Bertz CT molecular complexity index is 990. The Kier molecular flexibility index (Phi) is 7.65. The molecule has 1 unspecified atom stereocenters. The average molecular weight is 421 g/mol. The highest BCUT2D eigenvalue weighted by molar-refractivity contribution is 5.95. The summed E-state index contributed by atoms with van der Waals surface area (Å²) in [5.41, 5.74) is 8.43. The molecule has 3 aromatic rings. The van der Waals surface area contributed by atoms with Gasteiger partial charge >= 0.3 is 0 Å². The Morgan fingerprint density at radius 3 is 2.42 bits per heavy atom. The number of nitrogens with two attached hydrogens (primary N) is 1. The number of phenols is 1. The number of rotatable bonds is 10. The van der Waals surface area contributed by atoms with Gasteiger partial charge in [0, 0.05) is 25.7 Å². The van der Waals surface area contributed by atoms with Crippen molar-refractivity contribution in [3.63, 3.8) is 0 Å². The van der Waals surface area contributed by atoms with Crippen LogP contribution in [0.5, 0.6) is 11.5 Å². The second-order valence-electron chi connectivity index (χ2n) is 7.54. The van der Waals surface area contributed by atoms with Crippen LogP contribution in [0.3, 0.4) is 0 Å². The summed E-state index contributed by atoms with van der Waals surface area (Å²) >= 11 is 0. The third kappa shape index (κ3) is 6.57. The van der Waals surface area contributed by atoms with E-state index in [0.29, 0.717) is 32.0 Å². The lowest BCUT2D eigenvalue weighted by molar-refractivity contribution is 0.0986. The van der Waals surface area contributed by atoms with Gasteiger partial charge in [-0.2, -0.15) is 0 Å². The zero-order valence-electron chi connectivity index (χ0n) is 17.6. The quantitative estimate of drug-likeness (QED) is 0.467. The van der Waals surface area contributed by atoms with Crippen molar-refractivity contribution in [1.29, 1.82) is 0 Å². The van der Waals surface area contributed by atoms with E-state index in [-0.39, 0.29) is 11.3 Å². The largest absolute Gasteiger partial charge is 0.507 e. The van der Waals surface area contributed by atoms with E-state index in [1.807, 2.05) is 61.5 Å². The molecule has 0 aliphatic heterocycles. The van der Waals surface area contributed by atoms with E-state index >= 15 is 0 Å². The van der Waals surface area contributed by atoms with Gasteiger partial charge in [0.1, 0.15) is 18.1 Å². The normalized spacial score (nSPS) is 12.0. The number of carbonyl (C=O) groups is 1. The molecule has 6 nitrogen and oxygen atoms in total. The Balaban J connectivity index is 1.64. The van der Waals surface area contributed by atoms with Crippen LogP contribution >= 0.6 is 0 Å². The van der Waals surface area contributed by atoms with Gasteiger partial charge in [-0.1, -0.05) is 60.2 Å². The highest BCUT2D eigenvalue weighted by Crippen LogP contribution is 2.23. The van der Waals surface area contributed by atoms with E-state index in [2.05, 4.69) is 4.90 Å². The predicted molar refractivity (Wildman–Crippen MR) is 120 cm³/mol. The molecule has 0 aliphatic carbocycles. The minimum absolute atomic E-state index is 0.0549. The van der Waals surface area contributed by atoms with Crippen LogP contribution in [0, 0.1) is 6.92 Å². The number of carbonyl (C=O) groups excluding carboxylic acids is 1. The van der Waals surface area contributed by atoms with Crippen molar-refractivity contribution in [2.24, 2.45) is 5.73 Å². The second-order valence-corrected chi connectivity index (χ2v) is 7.54. The molecule has 0 aliphatic rings. The number of nitrogens with zero attached hydrogens (tertiary/aromatic N) is 1. The summed E-state index contributed by atoms with van der Waals surface area (Å²) in [4.78, 5) is 13.4. The number of hydrogen-bond acceptors (Lipinski definition) is 5. The third-order valence-electron chi connectivity index (χ3n) is 5.05. The van der Waals surface area contributed by atoms with Crippen molar-refractivity contribution in [3.05, 3.63) is 95.1 Å². The molecule has 0 fully saturated rings. The predicted octanol–water partition coefficient (Wildman–Crippen LogP) is 3.41. The van der Waals surface area contributed by atoms with Crippen LogP contribution in [0.15, 0.2) is 72.8 Å². The molecule has 0 bridgehead atoms. The number of ether oxygens (including phenoxy) is 1. The summed E-state index contributed by atoms with van der Waals surface area (Å²) in [7, 11) is 0. The molecule has 3 aromatic carbocycles. The van der Waals surface area contributed by atoms with Crippen molar-refractivity contribution in [3.8, 4) is 11.5 Å². The van der Waals surface area contributed by atoms with Gasteiger partial charge in [0.2, 0.25) is 0 Å². The van der Waals surface area contributed by atoms with Crippen molar-refractivity contribution in [1.82, 2.24) is 4.90 Å². The highest BCUT2D eigenvalue weighted by atomic mass is 16.5. The molecule has 0 aromatic heterocycles. The van der Waals surface area contributed by atoms with Crippen LogP contribution in [0.2, 0.25) is 0 Å². The SMILES string of the molecule is Cc1ccc(C(O)CN(CCOc2ccc(C(N)=O)c(O)c2)Cc2ccccc2)cc1. The number of aliphatic hydroxyl groups excluding tert-OH is 1. The summed E-state index contributed by atoms with van der Waals surface area (Å²) < 4.78 is 5.76. The van der Waals surface area contributed by atoms with Gasteiger partial charge in [0.25, 0.3) is 5.91 Å². The number of primary amides is 1. The molecule has 162 valence electrons. The molecule has 3 rings (SSSR count). The van der Waals surface area contributed by atoms with Crippen molar-refractivity contribution in [2.75, 3.05) is 19.7 Å². The Morgan fingerprint density at radius 1 is 1.06 bits per heavy atom. The van der Waals surface area contributed by atoms with Gasteiger partial charge in [0.05, 0.1) is 11.7 Å². The first-order chi connectivity index (χ1) is 14.9. The summed E-state index contributed by atoms with van der Waals surface area (Å²) in [6, 6.07) is 22.3. The van der Waals surface area contributed by atoms with Gasteiger partial charge in [-0.15, -0.1) is 0 Å². The third-order valence-corrected chi connectivity index (χ3v) is 5.05. The van der Waals surface area contributed by atoms with Gasteiger partial charge < -0.3 is 20.7 Å². The number of aliphatic hydroxyl groups is 1. The topological polar surface area (TPSA) is 96.0 Å². The number of amides is 1. The fourth-order valence-corrected chi connectivity index (χ4v) is 3.32. The molecular formula is C25H28N2O4. The number of benzene rings is 3. The minimum Gasteiger partial charge on any atom is -0.507 e. The highest BCUT2D eigenvalue weighted by Gasteiger charge is 2.15. The van der Waals surface area contributed by atoms with E-state index in [0.717, 1.165) is 16.7 Å². The lowest BCUT2D eigenvalue weighted by atomic mass is 10.1. The molecule has 0 spiro atoms. The lowest BCUT2D eigenvalue weighted by Gasteiger charge is -2.25. The smallest absolute Gasteiger partial charge is 0.252 e. The maximum absolute atomic E-state index is 11.2. The monoisotopic (exact) mass is 420 g/mol. The fraction of sp³-hybridized carbons (Fsp3) is 0.240. The summed E-state index contributed by atoms with van der Waals surface area (Å²) in [5.74, 6) is -0.453. The van der Waals surface area contributed by atoms with Gasteiger partial charge in [-0.3, -0.25) is 9.69 Å². The van der Waals surface area contributed by atoms with Crippen LogP contribution in [0.25, 0.3) is 0 Å². The Morgan fingerprint density at radius 2 is 1.77 bits per heavy atom. The standard InChI is InChI=1S/C25H28N2O4/c1-18-7-9-20(10-8-18)24(29)17-27(16-19-5-3-2-4-6-19)13-14-31-21-11-12-22(25(26)30)23(28)15-21/h2-12,15,24,28-29H,13-14,16-17H2,1H3,(H2,26,30). The maximum atomic E-state index is 11.2. The Hall–Kier alpha value is -3.35. The van der Waals surface area contributed by atoms with E-state index in [4.69, 9.17) is 10.5 Å². The van der Waals surface area contributed by atoms with Gasteiger partial charge in [-0.05, 0) is 30.2 Å². The summed E-state index contributed by atoms with van der Waals surface area (Å²) in [5, 5.41) is 20.6. The van der Waals surface area contributed by atoms with E-state index in [9.17, 15) is 15.0 Å². The fourth-order valence-electron chi connectivity index (χ4n) is 3.32. The molecule has 6 heteroatoms. The first-order valence-electron chi connectivity index (χ1n) is 10.2. The van der Waals surface area contributed by atoms with E-state index < -0.39 is 12.0 Å². The molecule has 0 saturated heterocycles. The molecular weight excluding hydrogens is 392 g/mol. The molecule has 0 heterocycles. The number of aromatic hydroxyl groups is 1. The first kappa shape index (κ1) is 22.3. The minimum atomic E-state index is -0.692. The molecule has 4 N–H and O–H groups in total. The Labute approximate surface area is 182 Å². The first-order valence-corrected chi connectivity index (χ1v) is 10.2. The molecule has 0 radical (unpaired) electrons. The summed E-state index contributed by atoms with van der Waals surface area (Å²) in [6.45, 7) is 4.05. The van der Waals surface area contributed by atoms with Crippen molar-refractivity contribution in [2.45, 2.75) is 19.6 Å².